The molecule has 10 nitrogen and oxygen atoms in total. The van der Waals surface area contributed by atoms with Crippen molar-refractivity contribution in [2.75, 3.05) is 55.5 Å². The predicted molar refractivity (Wildman–Crippen MR) is 109 cm³/mol. The molecule has 1 fully saturated rings. The number of rotatable bonds is 6. The van der Waals surface area contributed by atoms with Gasteiger partial charge >= 0.3 is 0 Å². The number of anilines is 4. The molecule has 4 rings (SSSR count). The Kier molecular flexibility index (Phi) is 5.50. The largest absolute Gasteiger partial charge is 0.497 e. The fraction of sp³-hybridized carbons (Fsp3) is 0.316. The highest BCUT2D eigenvalue weighted by molar-refractivity contribution is 5.65. The highest BCUT2D eigenvalue weighted by Gasteiger charge is 2.21. The van der Waals surface area contributed by atoms with Gasteiger partial charge in [0.15, 0.2) is 5.82 Å². The van der Waals surface area contributed by atoms with Crippen molar-refractivity contribution in [1.82, 2.24) is 25.1 Å². The average Bonchev–Trinajstić information content (AvgIpc) is 2.80. The molecule has 0 spiro atoms. The minimum atomic E-state index is 0.580. The first-order valence-electron chi connectivity index (χ1n) is 9.22. The minimum absolute atomic E-state index is 0.580. The first kappa shape index (κ1) is 18.7. The zero-order valence-electron chi connectivity index (χ0n) is 16.3. The van der Waals surface area contributed by atoms with Crippen LogP contribution in [0.1, 0.15) is 0 Å². The fourth-order valence-electron chi connectivity index (χ4n) is 3.09. The number of hydrogen-bond donors (Lipinski definition) is 1. The Morgan fingerprint density at radius 3 is 2.34 bits per heavy atom. The molecule has 3 aromatic rings. The molecule has 0 radical (unpaired) electrons. The van der Waals surface area contributed by atoms with Crippen LogP contribution in [-0.4, -0.2) is 65.5 Å². The Labute approximate surface area is 168 Å². The van der Waals surface area contributed by atoms with Crippen LogP contribution in [0.3, 0.4) is 0 Å². The van der Waals surface area contributed by atoms with Crippen molar-refractivity contribution in [3.05, 3.63) is 42.9 Å². The van der Waals surface area contributed by atoms with Crippen LogP contribution in [0.4, 0.5) is 23.4 Å². The molecule has 1 N–H and O–H groups in total. The van der Waals surface area contributed by atoms with Crippen molar-refractivity contribution >= 4 is 23.4 Å². The number of methoxy groups -OCH3 is 2. The summed E-state index contributed by atoms with van der Waals surface area (Å²) in [5.41, 5.74) is 0.769. The summed E-state index contributed by atoms with van der Waals surface area (Å²) in [7, 11) is 3.23. The Hall–Kier alpha value is -3.69. The number of hydrogen-bond acceptors (Lipinski definition) is 10. The van der Waals surface area contributed by atoms with E-state index in [-0.39, 0.29) is 0 Å². The molecule has 1 aliphatic heterocycles. The lowest BCUT2D eigenvalue weighted by Gasteiger charge is -2.34. The first-order valence-corrected chi connectivity index (χ1v) is 9.22. The van der Waals surface area contributed by atoms with Crippen LogP contribution in [0, 0.1) is 0 Å². The molecule has 150 valence electrons. The van der Waals surface area contributed by atoms with E-state index in [1.165, 1.54) is 0 Å². The third kappa shape index (κ3) is 4.26. The quantitative estimate of drug-likeness (QED) is 0.665. The van der Waals surface area contributed by atoms with Crippen molar-refractivity contribution < 1.29 is 9.47 Å². The second-order valence-electron chi connectivity index (χ2n) is 6.36. The summed E-state index contributed by atoms with van der Waals surface area (Å²) in [6.07, 6.45) is 5.09. The smallest absolute Gasteiger partial charge is 0.247 e. The Morgan fingerprint density at radius 2 is 1.66 bits per heavy atom. The molecule has 0 saturated carbocycles. The van der Waals surface area contributed by atoms with Gasteiger partial charge in [-0.2, -0.15) is 10.1 Å². The first-order chi connectivity index (χ1) is 14.3. The van der Waals surface area contributed by atoms with E-state index in [1.807, 2.05) is 24.3 Å². The molecular weight excluding hydrogens is 372 g/mol. The Morgan fingerprint density at radius 1 is 0.931 bits per heavy atom. The fourth-order valence-corrected chi connectivity index (χ4v) is 3.09. The van der Waals surface area contributed by atoms with E-state index in [0.717, 1.165) is 37.8 Å². The summed E-state index contributed by atoms with van der Waals surface area (Å²) in [6, 6.07) is 7.35. The van der Waals surface area contributed by atoms with Crippen LogP contribution in [0.5, 0.6) is 11.5 Å². The maximum Gasteiger partial charge on any atom is 0.247 e. The van der Waals surface area contributed by atoms with Crippen LogP contribution in [-0.2, 0) is 0 Å². The lowest BCUT2D eigenvalue weighted by atomic mass is 10.2. The Balaban J connectivity index is 1.44. The van der Waals surface area contributed by atoms with Gasteiger partial charge in [-0.3, -0.25) is 0 Å². The van der Waals surface area contributed by atoms with Crippen LogP contribution in [0.2, 0.25) is 0 Å². The zero-order valence-corrected chi connectivity index (χ0v) is 16.3. The average molecular weight is 394 g/mol. The van der Waals surface area contributed by atoms with E-state index < -0.39 is 0 Å². The van der Waals surface area contributed by atoms with E-state index in [1.54, 1.807) is 32.8 Å². The zero-order chi connectivity index (χ0) is 20.1. The van der Waals surface area contributed by atoms with Gasteiger partial charge in [-0.15, -0.1) is 5.10 Å². The molecule has 0 aliphatic carbocycles. The standard InChI is InChI=1S/C19H22N8O2/c1-28-14-4-5-15(16(12-14)29-2)23-17-13-22-25-19(24-17)27-10-8-26(9-11-27)18-20-6-3-7-21-18/h3-7,12-13H,8-11H2,1-2H3,(H,23,24,25). The third-order valence-corrected chi connectivity index (χ3v) is 4.62. The van der Waals surface area contributed by atoms with Gasteiger partial charge in [0, 0.05) is 44.6 Å². The van der Waals surface area contributed by atoms with Gasteiger partial charge in [-0.05, 0) is 18.2 Å². The van der Waals surface area contributed by atoms with Gasteiger partial charge in [-0.25, -0.2) is 9.97 Å². The third-order valence-electron chi connectivity index (χ3n) is 4.62. The molecule has 29 heavy (non-hydrogen) atoms. The van der Waals surface area contributed by atoms with Gasteiger partial charge < -0.3 is 24.6 Å². The summed E-state index contributed by atoms with van der Waals surface area (Å²) in [5, 5.41) is 11.5. The van der Waals surface area contributed by atoms with Crippen LogP contribution >= 0.6 is 0 Å². The highest BCUT2D eigenvalue weighted by Crippen LogP contribution is 2.31. The van der Waals surface area contributed by atoms with Crippen molar-refractivity contribution in [3.8, 4) is 11.5 Å². The topological polar surface area (TPSA) is 101 Å². The molecule has 0 amide bonds. The highest BCUT2D eigenvalue weighted by atomic mass is 16.5. The van der Waals surface area contributed by atoms with Crippen LogP contribution in [0.15, 0.2) is 42.9 Å². The van der Waals surface area contributed by atoms with E-state index in [9.17, 15) is 0 Å². The van der Waals surface area contributed by atoms with Crippen molar-refractivity contribution in [3.63, 3.8) is 0 Å². The molecular formula is C19H22N8O2. The van der Waals surface area contributed by atoms with Crippen molar-refractivity contribution in [2.24, 2.45) is 0 Å². The second kappa shape index (κ2) is 8.55. The molecule has 3 heterocycles. The Bertz CT molecular complexity index is 948. The van der Waals surface area contributed by atoms with Gasteiger partial charge in [0.2, 0.25) is 11.9 Å². The maximum atomic E-state index is 5.43. The van der Waals surface area contributed by atoms with Crippen molar-refractivity contribution in [1.29, 1.82) is 0 Å². The number of aromatic nitrogens is 5. The number of piperazine rings is 1. The van der Waals surface area contributed by atoms with E-state index >= 15 is 0 Å². The lowest BCUT2D eigenvalue weighted by molar-refractivity contribution is 0.395. The van der Waals surface area contributed by atoms with Gasteiger partial charge in [0.25, 0.3) is 0 Å². The summed E-state index contributed by atoms with van der Waals surface area (Å²) in [6.45, 7) is 3.10. The molecule has 0 atom stereocenters. The summed E-state index contributed by atoms with van der Waals surface area (Å²) in [4.78, 5) is 17.5. The predicted octanol–water partition coefficient (Wildman–Crippen LogP) is 1.75. The lowest BCUT2D eigenvalue weighted by Crippen LogP contribution is -2.47. The molecule has 1 aromatic carbocycles. The van der Waals surface area contributed by atoms with Crippen LogP contribution < -0.4 is 24.6 Å². The monoisotopic (exact) mass is 394 g/mol. The number of ether oxygens (including phenoxy) is 2. The van der Waals surface area contributed by atoms with E-state index in [4.69, 9.17) is 9.47 Å². The molecule has 10 heteroatoms. The minimum Gasteiger partial charge on any atom is -0.497 e. The van der Waals surface area contributed by atoms with Gasteiger partial charge in [0.1, 0.15) is 11.5 Å². The van der Waals surface area contributed by atoms with E-state index in [0.29, 0.717) is 23.3 Å². The molecule has 2 aromatic heterocycles. The number of nitrogens with zero attached hydrogens (tertiary/aromatic N) is 7. The number of benzene rings is 1. The molecule has 1 saturated heterocycles. The molecule has 0 bridgehead atoms. The summed E-state index contributed by atoms with van der Waals surface area (Å²) >= 11 is 0. The second-order valence-corrected chi connectivity index (χ2v) is 6.36. The van der Waals surface area contributed by atoms with Crippen molar-refractivity contribution in [2.45, 2.75) is 0 Å². The molecule has 0 unspecified atom stereocenters. The maximum absolute atomic E-state index is 5.43. The summed E-state index contributed by atoms with van der Waals surface area (Å²) in [5.74, 6) is 3.28. The number of nitrogens with one attached hydrogen (secondary N) is 1. The molecule has 1 aliphatic rings. The van der Waals surface area contributed by atoms with Gasteiger partial charge in [0.05, 0.1) is 26.1 Å². The normalized spacial score (nSPS) is 13.9. The SMILES string of the molecule is COc1ccc(Nc2cnnc(N3CCN(c4ncccn4)CC3)n2)c(OC)c1. The summed E-state index contributed by atoms with van der Waals surface area (Å²) < 4.78 is 10.7. The van der Waals surface area contributed by atoms with Crippen LogP contribution in [0.25, 0.3) is 0 Å². The van der Waals surface area contributed by atoms with Gasteiger partial charge in [-0.1, -0.05) is 0 Å². The van der Waals surface area contributed by atoms with E-state index in [2.05, 4.69) is 40.3 Å².